The average molecular weight is 352 g/mol. The number of hydrogen-bond donors (Lipinski definition) is 1. The smallest absolute Gasteiger partial charge is 0.335 e. The van der Waals surface area contributed by atoms with E-state index in [2.05, 4.69) is 15.9 Å². The van der Waals surface area contributed by atoms with E-state index in [1.807, 2.05) is 24.9 Å². The first-order valence-electron chi connectivity index (χ1n) is 6.41. The summed E-state index contributed by atoms with van der Waals surface area (Å²) in [4.78, 5) is 13.0. The maximum atomic E-state index is 13.9. The van der Waals surface area contributed by atoms with Crippen LogP contribution in [0.5, 0.6) is 0 Å². The van der Waals surface area contributed by atoms with E-state index in [0.29, 0.717) is 15.7 Å². The van der Waals surface area contributed by atoms with Crippen LogP contribution in [0.2, 0.25) is 0 Å². The van der Waals surface area contributed by atoms with Crippen molar-refractivity contribution < 1.29 is 14.3 Å². The maximum Gasteiger partial charge on any atom is 0.335 e. The van der Waals surface area contributed by atoms with Gasteiger partial charge in [-0.3, -0.25) is 0 Å². The topological polar surface area (TPSA) is 40.5 Å². The van der Waals surface area contributed by atoms with E-state index in [9.17, 15) is 9.18 Å². The predicted molar refractivity (Wildman–Crippen MR) is 84.3 cm³/mol. The molecule has 1 atom stereocenters. The molecular weight excluding hydrogens is 337 g/mol. The van der Waals surface area contributed by atoms with Gasteiger partial charge in [-0.05, 0) is 31.2 Å². The number of carboxylic acids is 1. The molecule has 21 heavy (non-hydrogen) atoms. The van der Waals surface area contributed by atoms with Crippen molar-refractivity contribution in [3.05, 3.63) is 63.9 Å². The molecule has 0 amide bonds. The van der Waals surface area contributed by atoms with Crippen LogP contribution >= 0.6 is 15.9 Å². The average Bonchev–Trinajstić information content (AvgIpc) is 2.45. The lowest BCUT2D eigenvalue weighted by Gasteiger charge is -2.28. The molecule has 1 unspecified atom stereocenters. The minimum absolute atomic E-state index is 0.187. The number of halogens is 2. The molecule has 0 aliphatic carbocycles. The fourth-order valence-electron chi connectivity index (χ4n) is 2.15. The zero-order chi connectivity index (χ0) is 15.6. The second kappa shape index (κ2) is 6.26. The van der Waals surface area contributed by atoms with Crippen molar-refractivity contribution in [2.45, 2.75) is 13.0 Å². The van der Waals surface area contributed by atoms with Gasteiger partial charge < -0.3 is 10.0 Å². The highest BCUT2D eigenvalue weighted by molar-refractivity contribution is 9.10. The quantitative estimate of drug-likeness (QED) is 0.882. The normalized spacial score (nSPS) is 12.0. The number of rotatable bonds is 4. The molecule has 0 saturated carbocycles. The Morgan fingerprint density at radius 1 is 1.29 bits per heavy atom. The molecule has 0 aromatic heterocycles. The van der Waals surface area contributed by atoms with Crippen LogP contribution in [0.1, 0.15) is 28.9 Å². The summed E-state index contributed by atoms with van der Waals surface area (Å²) in [6.45, 7) is 1.87. The first-order valence-corrected chi connectivity index (χ1v) is 7.20. The number of carboxylic acid groups (broad SMARTS) is 1. The van der Waals surface area contributed by atoms with Crippen molar-refractivity contribution in [2.75, 3.05) is 11.9 Å². The fraction of sp³-hybridized carbons (Fsp3) is 0.188. The van der Waals surface area contributed by atoms with Gasteiger partial charge in [0.1, 0.15) is 5.82 Å². The molecule has 0 aliphatic heterocycles. The summed E-state index contributed by atoms with van der Waals surface area (Å²) >= 11 is 3.31. The Morgan fingerprint density at radius 3 is 2.57 bits per heavy atom. The highest BCUT2D eigenvalue weighted by Crippen LogP contribution is 2.29. The van der Waals surface area contributed by atoms with E-state index in [4.69, 9.17) is 5.11 Å². The van der Waals surface area contributed by atoms with E-state index in [1.54, 1.807) is 24.3 Å². The minimum atomic E-state index is -0.996. The number of carbonyl (C=O) groups is 1. The molecule has 3 nitrogen and oxygen atoms in total. The van der Waals surface area contributed by atoms with Crippen LogP contribution in [0, 0.1) is 5.82 Å². The zero-order valence-electron chi connectivity index (χ0n) is 11.7. The van der Waals surface area contributed by atoms with Crippen molar-refractivity contribution in [3.63, 3.8) is 0 Å². The number of benzene rings is 2. The molecule has 110 valence electrons. The Hall–Kier alpha value is -1.88. The molecule has 5 heteroatoms. The van der Waals surface area contributed by atoms with Gasteiger partial charge in [-0.2, -0.15) is 0 Å². The van der Waals surface area contributed by atoms with Crippen molar-refractivity contribution in [1.82, 2.24) is 0 Å². The molecule has 1 N–H and O–H groups in total. The van der Waals surface area contributed by atoms with Crippen molar-refractivity contribution in [1.29, 1.82) is 0 Å². The second-order valence-electron chi connectivity index (χ2n) is 4.81. The van der Waals surface area contributed by atoms with Gasteiger partial charge >= 0.3 is 5.97 Å². The fourth-order valence-corrected chi connectivity index (χ4v) is 2.63. The number of hydrogen-bond acceptors (Lipinski definition) is 2. The van der Waals surface area contributed by atoms with Crippen molar-refractivity contribution >= 4 is 27.6 Å². The third-order valence-corrected chi connectivity index (χ3v) is 3.93. The molecule has 0 fully saturated rings. The van der Waals surface area contributed by atoms with E-state index in [0.717, 1.165) is 0 Å². The van der Waals surface area contributed by atoms with Gasteiger partial charge in [0.2, 0.25) is 0 Å². The van der Waals surface area contributed by atoms with Crippen molar-refractivity contribution in [2.24, 2.45) is 0 Å². The molecular formula is C16H15BrFNO2. The van der Waals surface area contributed by atoms with E-state index in [-0.39, 0.29) is 17.4 Å². The highest BCUT2D eigenvalue weighted by atomic mass is 79.9. The van der Waals surface area contributed by atoms with Gasteiger partial charge in [0.05, 0.1) is 11.6 Å². The van der Waals surface area contributed by atoms with Gasteiger partial charge in [-0.1, -0.05) is 34.1 Å². The lowest BCUT2D eigenvalue weighted by molar-refractivity contribution is 0.0697. The molecule has 0 bridgehead atoms. The third kappa shape index (κ3) is 3.42. The molecule has 0 saturated heterocycles. The Kier molecular flexibility index (Phi) is 4.63. The molecule has 0 aliphatic rings. The number of anilines is 1. The zero-order valence-corrected chi connectivity index (χ0v) is 13.3. The Balaban J connectivity index is 2.38. The Labute approximate surface area is 131 Å². The summed E-state index contributed by atoms with van der Waals surface area (Å²) in [5, 5.41) is 9.12. The molecule has 0 heterocycles. The van der Waals surface area contributed by atoms with Crippen molar-refractivity contribution in [3.8, 4) is 0 Å². The van der Waals surface area contributed by atoms with Gasteiger partial charge in [0.25, 0.3) is 0 Å². The van der Waals surface area contributed by atoms with Crippen LogP contribution in [-0.2, 0) is 0 Å². The molecule has 2 rings (SSSR count). The summed E-state index contributed by atoms with van der Waals surface area (Å²) in [5.41, 5.74) is 1.46. The Bertz CT molecular complexity index is 675. The minimum Gasteiger partial charge on any atom is -0.478 e. The van der Waals surface area contributed by atoms with Gasteiger partial charge in [-0.25, -0.2) is 9.18 Å². The molecule has 0 radical (unpaired) electrons. The van der Waals surface area contributed by atoms with Crippen LogP contribution in [0.25, 0.3) is 0 Å². The summed E-state index contributed by atoms with van der Waals surface area (Å²) in [6, 6.07) is 11.3. The van der Waals surface area contributed by atoms with Crippen LogP contribution in [0.3, 0.4) is 0 Å². The SMILES string of the molecule is CC(c1ccccc1F)N(C)c1cc(Br)cc(C(=O)O)c1. The number of nitrogens with zero attached hydrogens (tertiary/aromatic N) is 1. The van der Waals surface area contributed by atoms with Gasteiger partial charge in [-0.15, -0.1) is 0 Å². The summed E-state index contributed by atoms with van der Waals surface area (Å²) in [7, 11) is 1.81. The maximum absolute atomic E-state index is 13.9. The first-order chi connectivity index (χ1) is 9.90. The second-order valence-corrected chi connectivity index (χ2v) is 5.73. The van der Waals surface area contributed by atoms with Crippen LogP contribution in [-0.4, -0.2) is 18.1 Å². The predicted octanol–water partition coefficient (Wildman–Crippen LogP) is 4.48. The highest BCUT2D eigenvalue weighted by Gasteiger charge is 2.17. The van der Waals surface area contributed by atoms with E-state index < -0.39 is 5.97 Å². The van der Waals surface area contributed by atoms with Gasteiger partial charge in [0, 0.05) is 22.8 Å². The monoisotopic (exact) mass is 351 g/mol. The van der Waals surface area contributed by atoms with Crippen LogP contribution in [0.4, 0.5) is 10.1 Å². The van der Waals surface area contributed by atoms with Gasteiger partial charge in [0.15, 0.2) is 0 Å². The third-order valence-electron chi connectivity index (χ3n) is 3.47. The van der Waals surface area contributed by atoms with Crippen LogP contribution in [0.15, 0.2) is 46.9 Å². The van der Waals surface area contributed by atoms with Crippen LogP contribution < -0.4 is 4.90 Å². The molecule has 2 aromatic carbocycles. The standard InChI is InChI=1S/C16H15BrFNO2/c1-10(14-5-3-4-6-15(14)18)19(2)13-8-11(16(20)21)7-12(17)9-13/h3-10H,1-2H3,(H,20,21). The summed E-state index contributed by atoms with van der Waals surface area (Å²) < 4.78 is 14.5. The lowest BCUT2D eigenvalue weighted by Crippen LogP contribution is -2.22. The number of aromatic carboxylic acids is 1. The first kappa shape index (κ1) is 15.5. The molecule has 0 spiro atoms. The van der Waals surface area contributed by atoms with E-state index in [1.165, 1.54) is 12.1 Å². The Morgan fingerprint density at radius 2 is 1.95 bits per heavy atom. The molecule has 2 aromatic rings. The summed E-state index contributed by atoms with van der Waals surface area (Å²) in [5.74, 6) is -1.27. The van der Waals surface area contributed by atoms with E-state index >= 15 is 0 Å². The largest absolute Gasteiger partial charge is 0.478 e. The lowest BCUT2D eigenvalue weighted by atomic mass is 10.1. The summed E-state index contributed by atoms with van der Waals surface area (Å²) in [6.07, 6.45) is 0.